The smallest absolute Gasteiger partial charge is 0.266 e. The van der Waals surface area contributed by atoms with Crippen LogP contribution in [0.2, 0.25) is 5.02 Å². The second-order valence-electron chi connectivity index (χ2n) is 6.74. The van der Waals surface area contributed by atoms with Crippen LogP contribution in [0.5, 0.6) is 5.75 Å². The van der Waals surface area contributed by atoms with Crippen molar-refractivity contribution in [3.05, 3.63) is 99.9 Å². The van der Waals surface area contributed by atoms with E-state index >= 15 is 0 Å². The molecule has 1 aromatic heterocycles. The molecule has 1 amide bonds. The van der Waals surface area contributed by atoms with Crippen LogP contribution in [-0.2, 0) is 13.1 Å². The lowest BCUT2D eigenvalue weighted by Crippen LogP contribution is -2.29. The van der Waals surface area contributed by atoms with Gasteiger partial charge in [-0.3, -0.25) is 4.79 Å². The number of halogens is 1. The lowest BCUT2D eigenvalue weighted by molar-refractivity contribution is 0.0735. The van der Waals surface area contributed by atoms with Crippen molar-refractivity contribution in [3.8, 4) is 5.75 Å². The maximum atomic E-state index is 13.5. The zero-order valence-corrected chi connectivity index (χ0v) is 17.5. The Kier molecular flexibility index (Phi) is 5.84. The molecule has 3 nitrogen and oxygen atoms in total. The van der Waals surface area contributed by atoms with Crippen LogP contribution in [0.25, 0.3) is 10.1 Å². The highest BCUT2D eigenvalue weighted by molar-refractivity contribution is 7.21. The largest absolute Gasteiger partial charge is 0.497 e. The molecule has 0 unspecified atom stereocenters. The van der Waals surface area contributed by atoms with Crippen molar-refractivity contribution in [1.82, 2.24) is 4.90 Å². The Morgan fingerprint density at radius 2 is 1.52 bits per heavy atom. The molecule has 0 saturated heterocycles. The van der Waals surface area contributed by atoms with Gasteiger partial charge in [-0.1, -0.05) is 72.3 Å². The standard InChI is InChI=1S/C24H20ClNO2S/c1-28-19-12-13-21-20(14-19)22(25)23(29-21)24(27)26(15-17-8-4-2-5-9-17)16-18-10-6-3-7-11-18/h2-14H,15-16H2,1H3. The quantitative estimate of drug-likeness (QED) is 0.360. The van der Waals surface area contributed by atoms with Gasteiger partial charge in [0.05, 0.1) is 12.1 Å². The normalized spacial score (nSPS) is 10.8. The molecule has 0 atom stereocenters. The van der Waals surface area contributed by atoms with E-state index < -0.39 is 0 Å². The number of hydrogen-bond acceptors (Lipinski definition) is 3. The summed E-state index contributed by atoms with van der Waals surface area (Å²) >= 11 is 8.06. The third-order valence-electron chi connectivity index (χ3n) is 4.75. The fourth-order valence-corrected chi connectivity index (χ4v) is 4.71. The van der Waals surface area contributed by atoms with Gasteiger partial charge in [0, 0.05) is 23.2 Å². The number of rotatable bonds is 6. The number of carbonyl (C=O) groups excluding carboxylic acids is 1. The number of methoxy groups -OCH3 is 1. The Hall–Kier alpha value is -2.82. The van der Waals surface area contributed by atoms with Gasteiger partial charge in [-0.2, -0.15) is 0 Å². The lowest BCUT2D eigenvalue weighted by atomic mass is 10.1. The number of carbonyl (C=O) groups is 1. The maximum absolute atomic E-state index is 13.5. The Bertz CT molecular complexity index is 1080. The zero-order chi connectivity index (χ0) is 20.2. The number of thiophene rings is 1. The van der Waals surface area contributed by atoms with E-state index in [0.717, 1.165) is 27.0 Å². The summed E-state index contributed by atoms with van der Waals surface area (Å²) in [7, 11) is 1.62. The SMILES string of the molecule is COc1ccc2sc(C(=O)N(Cc3ccccc3)Cc3ccccc3)c(Cl)c2c1. The van der Waals surface area contributed by atoms with E-state index in [1.807, 2.05) is 83.8 Å². The van der Waals surface area contributed by atoms with Gasteiger partial charge in [0.2, 0.25) is 0 Å². The number of ether oxygens (including phenoxy) is 1. The molecule has 0 saturated carbocycles. The molecular formula is C24H20ClNO2S. The van der Waals surface area contributed by atoms with Crippen LogP contribution in [-0.4, -0.2) is 17.9 Å². The van der Waals surface area contributed by atoms with Gasteiger partial charge < -0.3 is 9.64 Å². The molecule has 0 aliphatic carbocycles. The minimum atomic E-state index is -0.0668. The van der Waals surface area contributed by atoms with E-state index in [4.69, 9.17) is 16.3 Å². The molecule has 0 fully saturated rings. The van der Waals surface area contributed by atoms with Crippen molar-refractivity contribution in [1.29, 1.82) is 0 Å². The summed E-state index contributed by atoms with van der Waals surface area (Å²) in [5.74, 6) is 0.657. The first-order chi connectivity index (χ1) is 14.2. The van der Waals surface area contributed by atoms with E-state index in [-0.39, 0.29) is 5.91 Å². The predicted molar refractivity (Wildman–Crippen MR) is 120 cm³/mol. The summed E-state index contributed by atoms with van der Waals surface area (Å²) in [6.45, 7) is 1.03. The van der Waals surface area contributed by atoms with Crippen molar-refractivity contribution >= 4 is 38.9 Å². The van der Waals surface area contributed by atoms with Gasteiger partial charge in [-0.25, -0.2) is 0 Å². The number of amides is 1. The minimum absolute atomic E-state index is 0.0668. The molecule has 0 N–H and O–H groups in total. The molecule has 5 heteroatoms. The fourth-order valence-electron chi connectivity index (χ4n) is 3.26. The molecule has 3 aromatic carbocycles. The molecule has 0 aliphatic heterocycles. The first-order valence-corrected chi connectivity index (χ1v) is 10.5. The Morgan fingerprint density at radius 3 is 2.07 bits per heavy atom. The van der Waals surface area contributed by atoms with Crippen molar-refractivity contribution in [3.63, 3.8) is 0 Å². The highest BCUT2D eigenvalue weighted by Gasteiger charge is 2.23. The lowest BCUT2D eigenvalue weighted by Gasteiger charge is -2.23. The average molecular weight is 422 g/mol. The molecule has 0 spiro atoms. The zero-order valence-electron chi connectivity index (χ0n) is 16.0. The predicted octanol–water partition coefficient (Wildman–Crippen LogP) is 6.41. The van der Waals surface area contributed by atoms with Crippen molar-refractivity contribution in [2.75, 3.05) is 7.11 Å². The van der Waals surface area contributed by atoms with Gasteiger partial charge in [0.1, 0.15) is 10.6 Å². The third-order valence-corrected chi connectivity index (χ3v) is 6.41. The van der Waals surface area contributed by atoms with Gasteiger partial charge in [-0.15, -0.1) is 11.3 Å². The second kappa shape index (κ2) is 8.68. The maximum Gasteiger partial charge on any atom is 0.266 e. The molecule has 29 heavy (non-hydrogen) atoms. The second-order valence-corrected chi connectivity index (χ2v) is 8.17. The number of fused-ring (bicyclic) bond motifs is 1. The first-order valence-electron chi connectivity index (χ1n) is 9.29. The van der Waals surface area contributed by atoms with Gasteiger partial charge in [0.25, 0.3) is 5.91 Å². The molecular weight excluding hydrogens is 402 g/mol. The monoisotopic (exact) mass is 421 g/mol. The van der Waals surface area contributed by atoms with Crippen molar-refractivity contribution in [2.45, 2.75) is 13.1 Å². The summed E-state index contributed by atoms with van der Waals surface area (Å²) in [5, 5.41) is 1.33. The van der Waals surface area contributed by atoms with E-state index in [1.165, 1.54) is 11.3 Å². The summed E-state index contributed by atoms with van der Waals surface area (Å²) in [4.78, 5) is 15.9. The Morgan fingerprint density at radius 1 is 0.931 bits per heavy atom. The van der Waals surface area contributed by atoms with Gasteiger partial charge in [-0.05, 0) is 29.3 Å². The van der Waals surface area contributed by atoms with Crippen LogP contribution in [0.3, 0.4) is 0 Å². The highest BCUT2D eigenvalue weighted by atomic mass is 35.5. The van der Waals surface area contributed by atoms with Crippen LogP contribution in [0.1, 0.15) is 20.8 Å². The topological polar surface area (TPSA) is 29.5 Å². The number of hydrogen-bond donors (Lipinski definition) is 0. The molecule has 146 valence electrons. The molecule has 0 bridgehead atoms. The fraction of sp³-hybridized carbons (Fsp3) is 0.125. The first kappa shape index (κ1) is 19.5. The van der Waals surface area contributed by atoms with Crippen LogP contribution >= 0.6 is 22.9 Å². The van der Waals surface area contributed by atoms with Gasteiger partial charge in [0.15, 0.2) is 0 Å². The molecule has 0 radical (unpaired) electrons. The molecule has 1 heterocycles. The molecule has 4 rings (SSSR count). The number of benzene rings is 3. The van der Waals surface area contributed by atoms with E-state index in [9.17, 15) is 4.79 Å². The summed E-state index contributed by atoms with van der Waals surface area (Å²) in [6.07, 6.45) is 0. The number of nitrogens with zero attached hydrogens (tertiary/aromatic N) is 1. The van der Waals surface area contributed by atoms with Crippen molar-refractivity contribution < 1.29 is 9.53 Å². The summed E-state index contributed by atoms with van der Waals surface area (Å²) in [5.41, 5.74) is 2.16. The van der Waals surface area contributed by atoms with Crippen LogP contribution in [0.4, 0.5) is 0 Å². The van der Waals surface area contributed by atoms with Gasteiger partial charge >= 0.3 is 0 Å². The van der Waals surface area contributed by atoms with Crippen molar-refractivity contribution in [2.24, 2.45) is 0 Å². The summed E-state index contributed by atoms with van der Waals surface area (Å²) < 4.78 is 6.27. The molecule has 0 aliphatic rings. The van der Waals surface area contributed by atoms with Crippen LogP contribution in [0, 0.1) is 0 Å². The third kappa shape index (κ3) is 4.29. The van der Waals surface area contributed by atoms with E-state index in [2.05, 4.69) is 0 Å². The molecule has 4 aromatic rings. The van der Waals surface area contributed by atoms with Crippen LogP contribution < -0.4 is 4.74 Å². The van der Waals surface area contributed by atoms with E-state index in [1.54, 1.807) is 7.11 Å². The summed E-state index contributed by atoms with van der Waals surface area (Å²) in [6, 6.07) is 25.7. The minimum Gasteiger partial charge on any atom is -0.497 e. The Balaban J connectivity index is 1.70. The van der Waals surface area contributed by atoms with Crippen LogP contribution in [0.15, 0.2) is 78.9 Å². The average Bonchev–Trinajstić information content (AvgIpc) is 3.10. The van der Waals surface area contributed by atoms with E-state index in [0.29, 0.717) is 23.0 Å². The Labute approximate surface area is 179 Å². The highest BCUT2D eigenvalue weighted by Crippen LogP contribution is 2.38.